The molecule has 1 aliphatic heterocycles. The summed E-state index contributed by atoms with van der Waals surface area (Å²) in [6.07, 6.45) is 6.39. The van der Waals surface area contributed by atoms with Gasteiger partial charge in [-0.3, -0.25) is 4.79 Å². The summed E-state index contributed by atoms with van der Waals surface area (Å²) in [7, 11) is 3.38. The molecule has 3 aromatic heterocycles. The second-order valence-electron chi connectivity index (χ2n) is 8.23. The second kappa shape index (κ2) is 8.03. The molecule has 1 saturated heterocycles. The van der Waals surface area contributed by atoms with Crippen molar-refractivity contribution in [1.82, 2.24) is 14.5 Å². The highest BCUT2D eigenvalue weighted by atomic mass is 16.5. The van der Waals surface area contributed by atoms with E-state index in [1.54, 1.807) is 20.4 Å². The molecule has 1 amide bonds. The van der Waals surface area contributed by atoms with Crippen LogP contribution in [0.2, 0.25) is 0 Å². The Morgan fingerprint density at radius 1 is 1.32 bits per heavy atom. The molecule has 1 atom stereocenters. The van der Waals surface area contributed by atoms with E-state index in [-0.39, 0.29) is 11.8 Å². The van der Waals surface area contributed by atoms with Gasteiger partial charge in [0.05, 0.1) is 24.4 Å². The first-order valence-electron chi connectivity index (χ1n) is 10.5. The van der Waals surface area contributed by atoms with E-state index in [2.05, 4.69) is 10.3 Å². The third kappa shape index (κ3) is 3.82. The van der Waals surface area contributed by atoms with E-state index in [0.717, 1.165) is 47.2 Å². The molecule has 2 fully saturated rings. The fraction of sp³-hybridized carbons (Fsp3) is 0.435. The number of nitrogens with zero attached hydrogens (tertiary/aromatic N) is 3. The van der Waals surface area contributed by atoms with Gasteiger partial charge in [-0.25, -0.2) is 9.97 Å². The molecule has 2 aliphatic rings. The minimum absolute atomic E-state index is 0.0377. The van der Waals surface area contributed by atoms with Crippen molar-refractivity contribution >= 4 is 22.6 Å². The van der Waals surface area contributed by atoms with Crippen LogP contribution in [-0.2, 0) is 31.2 Å². The maximum atomic E-state index is 12.2. The first-order chi connectivity index (χ1) is 15.1. The Hall–Kier alpha value is -2.81. The van der Waals surface area contributed by atoms with Crippen LogP contribution in [0.15, 0.2) is 36.7 Å². The molecule has 5 rings (SSSR count). The molecule has 0 radical (unpaired) electrons. The number of amides is 1. The van der Waals surface area contributed by atoms with Gasteiger partial charge in [-0.2, -0.15) is 0 Å². The van der Waals surface area contributed by atoms with Crippen molar-refractivity contribution in [2.24, 2.45) is 5.92 Å². The van der Waals surface area contributed by atoms with Gasteiger partial charge in [0, 0.05) is 57.0 Å². The van der Waals surface area contributed by atoms with Crippen LogP contribution in [0.5, 0.6) is 0 Å². The lowest BCUT2D eigenvalue weighted by atomic mass is 9.96. The minimum Gasteiger partial charge on any atom is -0.380 e. The molecule has 1 unspecified atom stereocenters. The Morgan fingerprint density at radius 3 is 2.90 bits per heavy atom. The Balaban J connectivity index is 1.57. The van der Waals surface area contributed by atoms with Crippen LogP contribution in [0.4, 0.5) is 5.82 Å². The molecule has 8 heteroatoms. The van der Waals surface area contributed by atoms with Crippen molar-refractivity contribution in [3.05, 3.63) is 47.9 Å². The lowest BCUT2D eigenvalue weighted by molar-refractivity contribution is -0.117. The summed E-state index contributed by atoms with van der Waals surface area (Å²) in [6.45, 7) is 1.58. The van der Waals surface area contributed by atoms with Gasteiger partial charge < -0.3 is 24.1 Å². The standard InChI is InChI=1S/C23H26N4O4/c1-29-13-15-9-19(23(30-2)6-8-31-14-23)25-21(10-15)27-7-5-17-12-24-20(11-18(17)27)26-22(28)16-3-4-16/h5,7,9-12,16H,3-4,6,8,13-14H2,1-2H3,(H,24,26,28). The third-order valence-electron chi connectivity index (χ3n) is 6.05. The zero-order chi connectivity index (χ0) is 21.4. The lowest BCUT2D eigenvalue weighted by Crippen LogP contribution is -2.30. The summed E-state index contributed by atoms with van der Waals surface area (Å²) < 4.78 is 18.9. The molecule has 8 nitrogen and oxygen atoms in total. The first-order valence-corrected chi connectivity index (χ1v) is 10.5. The van der Waals surface area contributed by atoms with Gasteiger partial charge in [-0.1, -0.05) is 0 Å². The lowest BCUT2D eigenvalue weighted by Gasteiger charge is -2.26. The largest absolute Gasteiger partial charge is 0.380 e. The Labute approximate surface area is 180 Å². The zero-order valence-corrected chi connectivity index (χ0v) is 17.8. The first kappa shape index (κ1) is 20.1. The summed E-state index contributed by atoms with van der Waals surface area (Å²) in [5, 5.41) is 3.90. The summed E-state index contributed by atoms with van der Waals surface area (Å²) >= 11 is 0. The van der Waals surface area contributed by atoms with Gasteiger partial charge in [0.15, 0.2) is 0 Å². The van der Waals surface area contributed by atoms with Crippen LogP contribution in [-0.4, -0.2) is 47.9 Å². The molecule has 1 saturated carbocycles. The topological polar surface area (TPSA) is 87.5 Å². The number of rotatable bonds is 7. The quantitative estimate of drug-likeness (QED) is 0.629. The summed E-state index contributed by atoms with van der Waals surface area (Å²) in [4.78, 5) is 21.5. The fourth-order valence-corrected chi connectivity index (χ4v) is 4.06. The Morgan fingerprint density at radius 2 is 2.19 bits per heavy atom. The molecule has 3 aromatic rings. The normalized spacial score (nSPS) is 21.0. The van der Waals surface area contributed by atoms with Gasteiger partial charge in [0.1, 0.15) is 17.2 Å². The van der Waals surface area contributed by atoms with Gasteiger partial charge in [-0.05, 0) is 36.6 Å². The molecule has 0 aromatic carbocycles. The van der Waals surface area contributed by atoms with Gasteiger partial charge in [0.2, 0.25) is 5.91 Å². The number of nitrogens with one attached hydrogen (secondary N) is 1. The number of carbonyl (C=O) groups excluding carboxylic acids is 1. The zero-order valence-electron chi connectivity index (χ0n) is 17.8. The highest BCUT2D eigenvalue weighted by Crippen LogP contribution is 2.35. The van der Waals surface area contributed by atoms with Gasteiger partial charge >= 0.3 is 0 Å². The molecular weight excluding hydrogens is 396 g/mol. The molecule has 0 spiro atoms. The molecular formula is C23H26N4O4. The van der Waals surface area contributed by atoms with Crippen molar-refractivity contribution in [3.8, 4) is 5.82 Å². The third-order valence-corrected chi connectivity index (χ3v) is 6.05. The predicted octanol–water partition coefficient (Wildman–Crippen LogP) is 3.18. The van der Waals surface area contributed by atoms with Crippen LogP contribution in [0.1, 0.15) is 30.5 Å². The molecule has 4 heterocycles. The van der Waals surface area contributed by atoms with E-state index < -0.39 is 5.60 Å². The molecule has 162 valence electrons. The van der Waals surface area contributed by atoms with E-state index in [4.69, 9.17) is 19.2 Å². The van der Waals surface area contributed by atoms with Crippen LogP contribution in [0, 0.1) is 5.92 Å². The van der Waals surface area contributed by atoms with E-state index in [1.165, 1.54) is 0 Å². The number of hydrogen-bond donors (Lipinski definition) is 1. The number of anilines is 1. The van der Waals surface area contributed by atoms with Gasteiger partial charge in [0.25, 0.3) is 0 Å². The minimum atomic E-state index is -0.563. The van der Waals surface area contributed by atoms with Crippen molar-refractivity contribution < 1.29 is 19.0 Å². The summed E-state index contributed by atoms with van der Waals surface area (Å²) in [5.41, 5.74) is 2.19. The number of ether oxygens (including phenoxy) is 3. The number of pyridine rings is 2. The average molecular weight is 422 g/mol. The van der Waals surface area contributed by atoms with Crippen LogP contribution in [0.25, 0.3) is 16.7 Å². The smallest absolute Gasteiger partial charge is 0.228 e. The van der Waals surface area contributed by atoms with E-state index in [0.29, 0.717) is 25.6 Å². The van der Waals surface area contributed by atoms with Crippen LogP contribution < -0.4 is 5.32 Å². The maximum Gasteiger partial charge on any atom is 0.228 e. The fourth-order valence-electron chi connectivity index (χ4n) is 4.06. The second-order valence-corrected chi connectivity index (χ2v) is 8.23. The van der Waals surface area contributed by atoms with Crippen molar-refractivity contribution in [1.29, 1.82) is 0 Å². The van der Waals surface area contributed by atoms with E-state index in [9.17, 15) is 4.79 Å². The highest BCUT2D eigenvalue weighted by molar-refractivity contribution is 5.95. The van der Waals surface area contributed by atoms with Crippen molar-refractivity contribution in [2.75, 3.05) is 32.8 Å². The number of hydrogen-bond acceptors (Lipinski definition) is 6. The number of carbonyl (C=O) groups is 1. The van der Waals surface area contributed by atoms with E-state index >= 15 is 0 Å². The molecule has 0 bridgehead atoms. The summed E-state index contributed by atoms with van der Waals surface area (Å²) in [6, 6.07) is 7.92. The maximum absolute atomic E-state index is 12.2. The van der Waals surface area contributed by atoms with Crippen molar-refractivity contribution in [3.63, 3.8) is 0 Å². The molecule has 1 aliphatic carbocycles. The average Bonchev–Trinajstić information content (AvgIpc) is 3.37. The Kier molecular flexibility index (Phi) is 5.21. The van der Waals surface area contributed by atoms with Crippen LogP contribution >= 0.6 is 0 Å². The molecule has 31 heavy (non-hydrogen) atoms. The van der Waals surface area contributed by atoms with Crippen molar-refractivity contribution in [2.45, 2.75) is 31.5 Å². The predicted molar refractivity (Wildman–Crippen MR) is 115 cm³/mol. The number of methoxy groups -OCH3 is 2. The van der Waals surface area contributed by atoms with Crippen LogP contribution in [0.3, 0.4) is 0 Å². The van der Waals surface area contributed by atoms with E-state index in [1.807, 2.05) is 35.0 Å². The monoisotopic (exact) mass is 422 g/mol. The van der Waals surface area contributed by atoms with Gasteiger partial charge in [-0.15, -0.1) is 0 Å². The Bertz CT molecular complexity index is 1120. The summed E-state index contributed by atoms with van der Waals surface area (Å²) in [5.74, 6) is 1.47. The number of aromatic nitrogens is 3. The molecule has 1 N–H and O–H groups in total. The highest BCUT2D eigenvalue weighted by Gasteiger charge is 2.39. The number of fused-ring (bicyclic) bond motifs is 1. The SMILES string of the molecule is COCc1cc(-n2ccc3cnc(NC(=O)C4CC4)cc32)nc(C2(OC)CCOC2)c1.